The summed E-state index contributed by atoms with van der Waals surface area (Å²) in [4.78, 5) is 2.54. The number of hydrogen-bond acceptors (Lipinski definition) is 4. The Kier molecular flexibility index (Phi) is 6.70. The molecule has 0 bridgehead atoms. The van der Waals surface area contributed by atoms with Gasteiger partial charge in [-0.15, -0.1) is 0 Å². The van der Waals surface area contributed by atoms with Crippen LogP contribution in [0.3, 0.4) is 0 Å². The maximum absolute atomic E-state index is 6.00. The van der Waals surface area contributed by atoms with Gasteiger partial charge in [-0.25, -0.2) is 0 Å². The molecule has 1 aromatic heterocycles. The Morgan fingerprint density at radius 2 is 1.97 bits per heavy atom. The molecule has 1 saturated heterocycles. The Morgan fingerprint density at radius 1 is 1.10 bits per heavy atom. The van der Waals surface area contributed by atoms with Crippen molar-refractivity contribution in [1.29, 1.82) is 0 Å². The molecule has 1 N–H and O–H groups in total. The summed E-state index contributed by atoms with van der Waals surface area (Å²) < 4.78 is 11.6. The van der Waals surface area contributed by atoms with Crippen molar-refractivity contribution < 1.29 is 9.47 Å². The number of benzene rings is 2. The molecule has 2 heterocycles. The lowest BCUT2D eigenvalue weighted by atomic mass is 9.91. The lowest BCUT2D eigenvalue weighted by Gasteiger charge is -2.32. The van der Waals surface area contributed by atoms with Crippen molar-refractivity contribution in [2.75, 3.05) is 20.2 Å². The van der Waals surface area contributed by atoms with Gasteiger partial charge in [0.15, 0.2) is 11.5 Å². The van der Waals surface area contributed by atoms with Gasteiger partial charge in [-0.2, -0.15) is 5.10 Å². The third-order valence-corrected chi connectivity index (χ3v) is 5.92. The number of aromatic amines is 1. The van der Waals surface area contributed by atoms with Crippen LogP contribution in [0.1, 0.15) is 48.1 Å². The zero-order chi connectivity index (χ0) is 20.8. The van der Waals surface area contributed by atoms with Crippen LogP contribution in [0.2, 0.25) is 0 Å². The normalized spacial score (nSPS) is 17.1. The van der Waals surface area contributed by atoms with E-state index in [1.807, 2.05) is 30.5 Å². The summed E-state index contributed by atoms with van der Waals surface area (Å²) in [6.07, 6.45) is 5.45. The van der Waals surface area contributed by atoms with E-state index >= 15 is 0 Å². The Labute approximate surface area is 179 Å². The van der Waals surface area contributed by atoms with E-state index in [0.717, 1.165) is 43.1 Å². The third-order valence-electron chi connectivity index (χ3n) is 5.92. The van der Waals surface area contributed by atoms with E-state index in [4.69, 9.17) is 9.47 Å². The minimum absolute atomic E-state index is 0.534. The molecule has 1 unspecified atom stereocenters. The molecule has 4 rings (SSSR count). The largest absolute Gasteiger partial charge is 0.493 e. The van der Waals surface area contributed by atoms with E-state index in [1.165, 1.54) is 29.7 Å². The number of nitrogens with zero attached hydrogens (tertiary/aromatic N) is 2. The highest BCUT2D eigenvalue weighted by atomic mass is 16.5. The van der Waals surface area contributed by atoms with E-state index in [9.17, 15) is 0 Å². The van der Waals surface area contributed by atoms with Crippen molar-refractivity contribution in [3.63, 3.8) is 0 Å². The minimum atomic E-state index is 0.534. The average Bonchev–Trinajstić information content (AvgIpc) is 3.28. The fraction of sp³-hybridized carbons (Fsp3) is 0.400. The Balaban J connectivity index is 1.40. The number of aryl methyl sites for hydroxylation is 1. The first-order valence-corrected chi connectivity index (χ1v) is 10.8. The summed E-state index contributed by atoms with van der Waals surface area (Å²) in [5, 5.41) is 7.53. The van der Waals surface area contributed by atoms with Crippen LogP contribution in [0.4, 0.5) is 0 Å². The van der Waals surface area contributed by atoms with E-state index in [1.54, 1.807) is 7.11 Å². The SMILES string of the molecule is CCc1cn[nH]c1C1CCCN(Cc2ccc(OCc3ccccc3)c(OC)c2)C1. The number of rotatable bonds is 8. The first-order valence-electron chi connectivity index (χ1n) is 10.8. The predicted octanol–water partition coefficient (Wildman–Crippen LogP) is 4.94. The number of ether oxygens (including phenoxy) is 2. The second-order valence-electron chi connectivity index (χ2n) is 8.00. The highest BCUT2D eigenvalue weighted by Gasteiger charge is 2.24. The zero-order valence-electron chi connectivity index (χ0n) is 17.9. The van der Waals surface area contributed by atoms with Gasteiger partial charge in [-0.05, 0) is 54.6 Å². The van der Waals surface area contributed by atoms with E-state index in [0.29, 0.717) is 12.5 Å². The number of aromatic nitrogens is 2. The van der Waals surface area contributed by atoms with Gasteiger partial charge in [0.2, 0.25) is 0 Å². The first-order chi connectivity index (χ1) is 14.8. The molecule has 0 radical (unpaired) electrons. The molecule has 1 aliphatic rings. The molecule has 5 nitrogen and oxygen atoms in total. The molecule has 0 amide bonds. The molecular weight excluding hydrogens is 374 g/mol. The van der Waals surface area contributed by atoms with Crippen molar-refractivity contribution in [2.45, 2.75) is 45.3 Å². The lowest BCUT2D eigenvalue weighted by Crippen LogP contribution is -2.34. The van der Waals surface area contributed by atoms with Crippen LogP contribution in [0, 0.1) is 0 Å². The number of likely N-dealkylation sites (tertiary alicyclic amines) is 1. The molecule has 0 spiro atoms. The van der Waals surface area contributed by atoms with Crippen molar-refractivity contribution >= 4 is 0 Å². The molecular formula is C25H31N3O2. The summed E-state index contributed by atoms with van der Waals surface area (Å²) in [6, 6.07) is 16.5. The first kappa shape index (κ1) is 20.5. The van der Waals surface area contributed by atoms with Crippen LogP contribution < -0.4 is 9.47 Å². The predicted molar refractivity (Wildman–Crippen MR) is 119 cm³/mol. The second-order valence-corrected chi connectivity index (χ2v) is 8.00. The van der Waals surface area contributed by atoms with Gasteiger partial charge in [0, 0.05) is 24.7 Å². The van der Waals surface area contributed by atoms with Gasteiger partial charge in [0.1, 0.15) is 6.61 Å². The summed E-state index contributed by atoms with van der Waals surface area (Å²) in [7, 11) is 1.70. The van der Waals surface area contributed by atoms with Crippen molar-refractivity contribution in [1.82, 2.24) is 15.1 Å². The van der Waals surface area contributed by atoms with Gasteiger partial charge in [0.25, 0.3) is 0 Å². The summed E-state index contributed by atoms with van der Waals surface area (Å²) in [5.74, 6) is 2.11. The number of piperidine rings is 1. The molecule has 2 aromatic carbocycles. The minimum Gasteiger partial charge on any atom is -0.493 e. The van der Waals surface area contributed by atoms with Crippen LogP contribution in [0.25, 0.3) is 0 Å². The molecule has 158 valence electrons. The van der Waals surface area contributed by atoms with Crippen LogP contribution in [0.15, 0.2) is 54.7 Å². The molecule has 1 fully saturated rings. The van der Waals surface area contributed by atoms with Gasteiger partial charge in [-0.3, -0.25) is 10.00 Å². The Morgan fingerprint density at radius 3 is 2.77 bits per heavy atom. The van der Waals surface area contributed by atoms with Crippen molar-refractivity contribution in [3.8, 4) is 11.5 Å². The maximum Gasteiger partial charge on any atom is 0.161 e. The number of methoxy groups -OCH3 is 1. The third kappa shape index (κ3) is 4.85. The Bertz CT molecular complexity index is 939. The lowest BCUT2D eigenvalue weighted by molar-refractivity contribution is 0.197. The number of hydrogen-bond donors (Lipinski definition) is 1. The second kappa shape index (κ2) is 9.81. The molecule has 3 aromatic rings. The quantitative estimate of drug-likeness (QED) is 0.577. The van der Waals surface area contributed by atoms with Gasteiger partial charge >= 0.3 is 0 Å². The fourth-order valence-corrected chi connectivity index (χ4v) is 4.31. The number of nitrogens with one attached hydrogen (secondary N) is 1. The van der Waals surface area contributed by atoms with Crippen LogP contribution >= 0.6 is 0 Å². The highest BCUT2D eigenvalue weighted by molar-refractivity contribution is 5.43. The van der Waals surface area contributed by atoms with Crippen LogP contribution in [-0.2, 0) is 19.6 Å². The van der Waals surface area contributed by atoms with E-state index in [2.05, 4.69) is 46.3 Å². The summed E-state index contributed by atoms with van der Waals surface area (Å²) >= 11 is 0. The van der Waals surface area contributed by atoms with Gasteiger partial charge < -0.3 is 9.47 Å². The Hall–Kier alpha value is -2.79. The molecule has 1 aliphatic heterocycles. The smallest absolute Gasteiger partial charge is 0.161 e. The molecule has 0 saturated carbocycles. The standard InChI is InChI=1S/C25H31N3O2/c1-3-21-15-26-27-25(21)22-10-7-13-28(17-22)16-20-11-12-23(24(14-20)29-2)30-18-19-8-5-4-6-9-19/h4-6,8-9,11-12,14-15,22H,3,7,10,13,16-18H2,1-2H3,(H,26,27). The maximum atomic E-state index is 6.00. The van der Waals surface area contributed by atoms with Gasteiger partial charge in [-0.1, -0.05) is 43.3 Å². The van der Waals surface area contributed by atoms with Crippen LogP contribution in [0.5, 0.6) is 11.5 Å². The zero-order valence-corrected chi connectivity index (χ0v) is 17.9. The average molecular weight is 406 g/mol. The van der Waals surface area contributed by atoms with E-state index < -0.39 is 0 Å². The molecule has 0 aliphatic carbocycles. The fourth-order valence-electron chi connectivity index (χ4n) is 4.31. The summed E-state index contributed by atoms with van der Waals surface area (Å²) in [5.41, 5.74) is 5.07. The summed E-state index contributed by atoms with van der Waals surface area (Å²) in [6.45, 7) is 5.84. The van der Waals surface area contributed by atoms with Gasteiger partial charge in [0.05, 0.1) is 13.3 Å². The monoisotopic (exact) mass is 405 g/mol. The van der Waals surface area contributed by atoms with Crippen LogP contribution in [-0.4, -0.2) is 35.3 Å². The van der Waals surface area contributed by atoms with Crippen molar-refractivity contribution in [3.05, 3.63) is 77.1 Å². The van der Waals surface area contributed by atoms with Crippen molar-refractivity contribution in [2.24, 2.45) is 0 Å². The molecule has 5 heteroatoms. The number of H-pyrrole nitrogens is 1. The highest BCUT2D eigenvalue weighted by Crippen LogP contribution is 2.32. The molecule has 1 atom stereocenters. The van der Waals surface area contributed by atoms with E-state index in [-0.39, 0.29) is 0 Å². The topological polar surface area (TPSA) is 50.4 Å². The molecule has 30 heavy (non-hydrogen) atoms.